The van der Waals surface area contributed by atoms with Crippen LogP contribution in [-0.2, 0) is 9.47 Å². The van der Waals surface area contributed by atoms with Crippen molar-refractivity contribution < 1.29 is 14.2 Å². The Labute approximate surface area is 188 Å². The molecule has 0 amide bonds. The first kappa shape index (κ1) is 21.9. The van der Waals surface area contributed by atoms with E-state index in [4.69, 9.17) is 25.8 Å². The van der Waals surface area contributed by atoms with E-state index in [1.54, 1.807) is 0 Å². The lowest BCUT2D eigenvalue weighted by molar-refractivity contribution is -0.165. The van der Waals surface area contributed by atoms with E-state index in [1.165, 1.54) is 11.4 Å². The highest BCUT2D eigenvalue weighted by atomic mass is 35.5. The van der Waals surface area contributed by atoms with Crippen molar-refractivity contribution in [2.24, 2.45) is 0 Å². The van der Waals surface area contributed by atoms with E-state index in [9.17, 15) is 0 Å². The zero-order chi connectivity index (χ0) is 21.8. The van der Waals surface area contributed by atoms with E-state index in [0.717, 1.165) is 48.2 Å². The van der Waals surface area contributed by atoms with Crippen molar-refractivity contribution in [2.45, 2.75) is 46.3 Å². The molecule has 1 aromatic carbocycles. The molecule has 2 aromatic heterocycles. The minimum Gasteiger partial charge on any atom is -0.475 e. The lowest BCUT2D eigenvalue weighted by atomic mass is 10.0. The zero-order valence-electron chi connectivity index (χ0n) is 18.4. The Balaban J connectivity index is 1.50. The van der Waals surface area contributed by atoms with Crippen LogP contribution in [-0.4, -0.2) is 35.7 Å². The fraction of sp³-hybridized carbons (Fsp3) is 0.400. The highest BCUT2D eigenvalue weighted by Gasteiger charge is 2.14. The zero-order valence-corrected chi connectivity index (χ0v) is 19.1. The number of benzene rings is 1. The summed E-state index contributed by atoms with van der Waals surface area (Å²) < 4.78 is 19.4. The second-order valence-electron chi connectivity index (χ2n) is 7.98. The summed E-state index contributed by atoms with van der Waals surface area (Å²) in [4.78, 5) is 4.33. The molecule has 0 bridgehead atoms. The first-order valence-electron chi connectivity index (χ1n) is 10.8. The Bertz CT molecular complexity index is 1020. The van der Waals surface area contributed by atoms with Gasteiger partial charge in [0, 0.05) is 29.7 Å². The van der Waals surface area contributed by atoms with Crippen molar-refractivity contribution in [3.63, 3.8) is 0 Å². The van der Waals surface area contributed by atoms with E-state index < -0.39 is 0 Å². The summed E-state index contributed by atoms with van der Waals surface area (Å²) in [6.07, 6.45) is 3.07. The number of aryl methyl sites for hydroxylation is 3. The SMILES string of the molecule is Cc1ccc(-n2c(C)ccc2C)cc1-c1cc(Cl)nc(OCCOC2CCCCO2)c1. The summed E-state index contributed by atoms with van der Waals surface area (Å²) in [5.41, 5.74) is 6.77. The average molecular weight is 441 g/mol. The number of hydrogen-bond donors (Lipinski definition) is 0. The summed E-state index contributed by atoms with van der Waals surface area (Å²) in [7, 11) is 0. The van der Waals surface area contributed by atoms with Gasteiger partial charge in [0.15, 0.2) is 6.29 Å². The molecule has 1 aliphatic rings. The molecule has 5 nitrogen and oxygen atoms in total. The molecule has 31 heavy (non-hydrogen) atoms. The maximum atomic E-state index is 6.33. The molecular weight excluding hydrogens is 412 g/mol. The van der Waals surface area contributed by atoms with Crippen LogP contribution in [0, 0.1) is 20.8 Å². The van der Waals surface area contributed by atoms with Crippen LogP contribution < -0.4 is 4.74 Å². The second kappa shape index (κ2) is 9.86. The van der Waals surface area contributed by atoms with Gasteiger partial charge in [-0.05, 0) is 87.1 Å². The van der Waals surface area contributed by atoms with Gasteiger partial charge >= 0.3 is 0 Å². The Hall–Kier alpha value is -2.34. The van der Waals surface area contributed by atoms with Crippen molar-refractivity contribution in [3.8, 4) is 22.7 Å². The van der Waals surface area contributed by atoms with E-state index in [2.05, 4.69) is 60.7 Å². The first-order valence-corrected chi connectivity index (χ1v) is 11.2. The third kappa shape index (κ3) is 5.29. The third-order valence-corrected chi connectivity index (χ3v) is 5.80. The maximum absolute atomic E-state index is 6.33. The molecule has 0 saturated carbocycles. The molecule has 6 heteroatoms. The smallest absolute Gasteiger partial charge is 0.215 e. The Morgan fingerprint density at radius 3 is 2.58 bits per heavy atom. The van der Waals surface area contributed by atoms with Crippen LogP contribution in [0.4, 0.5) is 0 Å². The third-order valence-electron chi connectivity index (χ3n) is 5.61. The van der Waals surface area contributed by atoms with Gasteiger partial charge in [-0.25, -0.2) is 4.98 Å². The molecule has 1 fully saturated rings. The highest BCUT2D eigenvalue weighted by molar-refractivity contribution is 6.29. The topological polar surface area (TPSA) is 45.5 Å². The van der Waals surface area contributed by atoms with Crippen LogP contribution in [0.3, 0.4) is 0 Å². The lowest BCUT2D eigenvalue weighted by Gasteiger charge is -2.22. The molecular formula is C25H29ClN2O3. The van der Waals surface area contributed by atoms with Gasteiger partial charge in [-0.15, -0.1) is 0 Å². The number of rotatable bonds is 7. The van der Waals surface area contributed by atoms with Crippen LogP contribution in [0.2, 0.25) is 5.15 Å². The van der Waals surface area contributed by atoms with Gasteiger partial charge in [-0.1, -0.05) is 17.7 Å². The minimum absolute atomic E-state index is 0.119. The standard InChI is InChI=1S/C25H29ClN2O3/c1-17-7-10-21(28-18(2)8-9-19(28)3)16-22(17)20-14-23(26)27-24(15-20)29-12-13-31-25-6-4-5-11-30-25/h7-10,14-16,25H,4-6,11-13H2,1-3H3. The first-order chi connectivity index (χ1) is 15.0. The maximum Gasteiger partial charge on any atom is 0.215 e. The van der Waals surface area contributed by atoms with E-state index in [0.29, 0.717) is 24.2 Å². The van der Waals surface area contributed by atoms with E-state index in [1.807, 2.05) is 12.1 Å². The van der Waals surface area contributed by atoms with E-state index in [-0.39, 0.29) is 6.29 Å². The molecule has 0 aliphatic carbocycles. The molecule has 1 unspecified atom stereocenters. The molecule has 1 saturated heterocycles. The van der Waals surface area contributed by atoms with Crippen molar-refractivity contribution in [1.29, 1.82) is 0 Å². The summed E-state index contributed by atoms with van der Waals surface area (Å²) in [5.74, 6) is 0.494. The normalized spacial score (nSPS) is 16.5. The monoisotopic (exact) mass is 440 g/mol. The number of hydrogen-bond acceptors (Lipinski definition) is 4. The highest BCUT2D eigenvalue weighted by Crippen LogP contribution is 2.31. The molecule has 164 valence electrons. The van der Waals surface area contributed by atoms with Crippen molar-refractivity contribution >= 4 is 11.6 Å². The van der Waals surface area contributed by atoms with Crippen molar-refractivity contribution in [3.05, 3.63) is 64.6 Å². The summed E-state index contributed by atoms with van der Waals surface area (Å²) >= 11 is 6.33. The van der Waals surface area contributed by atoms with Crippen molar-refractivity contribution in [2.75, 3.05) is 19.8 Å². The molecule has 3 heterocycles. The van der Waals surface area contributed by atoms with Gasteiger partial charge in [0.1, 0.15) is 11.8 Å². The molecule has 1 atom stereocenters. The molecule has 0 radical (unpaired) electrons. The number of aromatic nitrogens is 2. The van der Waals surface area contributed by atoms with Crippen molar-refractivity contribution in [1.82, 2.24) is 9.55 Å². The van der Waals surface area contributed by atoms with Gasteiger partial charge in [0.25, 0.3) is 0 Å². The molecule has 0 N–H and O–H groups in total. The summed E-state index contributed by atoms with van der Waals surface area (Å²) in [6.45, 7) is 7.94. The quantitative estimate of drug-likeness (QED) is 0.332. The average Bonchev–Trinajstić information content (AvgIpc) is 3.10. The van der Waals surface area contributed by atoms with Crippen LogP contribution >= 0.6 is 11.6 Å². The predicted octanol–water partition coefficient (Wildman–Crippen LogP) is 6.04. The van der Waals surface area contributed by atoms with Crippen LogP contribution in [0.15, 0.2) is 42.5 Å². The van der Waals surface area contributed by atoms with Crippen LogP contribution in [0.1, 0.15) is 36.2 Å². The lowest BCUT2D eigenvalue weighted by Crippen LogP contribution is -2.24. The van der Waals surface area contributed by atoms with E-state index >= 15 is 0 Å². The van der Waals surface area contributed by atoms with Gasteiger partial charge in [0.2, 0.25) is 5.88 Å². The number of halogens is 1. The van der Waals surface area contributed by atoms with Crippen LogP contribution in [0.5, 0.6) is 5.88 Å². The number of ether oxygens (including phenoxy) is 3. The Kier molecular flexibility index (Phi) is 6.96. The molecule has 4 rings (SSSR count). The minimum atomic E-state index is -0.119. The number of pyridine rings is 1. The fourth-order valence-electron chi connectivity index (χ4n) is 4.01. The van der Waals surface area contributed by atoms with Crippen LogP contribution in [0.25, 0.3) is 16.8 Å². The largest absolute Gasteiger partial charge is 0.475 e. The summed E-state index contributed by atoms with van der Waals surface area (Å²) in [5, 5.41) is 0.405. The van der Waals surface area contributed by atoms with Gasteiger partial charge in [0.05, 0.1) is 6.61 Å². The predicted molar refractivity (Wildman–Crippen MR) is 123 cm³/mol. The molecule has 0 spiro atoms. The fourth-order valence-corrected chi connectivity index (χ4v) is 4.21. The van der Waals surface area contributed by atoms with Gasteiger partial charge in [-0.2, -0.15) is 0 Å². The number of nitrogens with zero attached hydrogens (tertiary/aromatic N) is 2. The Morgan fingerprint density at radius 1 is 1.03 bits per heavy atom. The van der Waals surface area contributed by atoms with Gasteiger partial charge < -0.3 is 18.8 Å². The van der Waals surface area contributed by atoms with Gasteiger partial charge in [-0.3, -0.25) is 0 Å². The summed E-state index contributed by atoms with van der Waals surface area (Å²) in [6, 6.07) is 14.5. The molecule has 3 aromatic rings. The molecule has 1 aliphatic heterocycles. The Morgan fingerprint density at radius 2 is 1.84 bits per heavy atom. The second-order valence-corrected chi connectivity index (χ2v) is 8.37.